The molecule has 1 aromatic heterocycles. The molecule has 154 valence electrons. The number of urea groups is 1. The number of anilines is 2. The zero-order valence-electron chi connectivity index (χ0n) is 16.4. The third-order valence-corrected chi connectivity index (χ3v) is 4.76. The van der Waals surface area contributed by atoms with Crippen LogP contribution in [0.25, 0.3) is 0 Å². The van der Waals surface area contributed by atoms with E-state index >= 15 is 0 Å². The van der Waals surface area contributed by atoms with Crippen LogP contribution < -0.4 is 16.0 Å². The van der Waals surface area contributed by atoms with Gasteiger partial charge in [-0.25, -0.2) is 9.78 Å². The first-order valence-corrected chi connectivity index (χ1v) is 9.79. The summed E-state index contributed by atoms with van der Waals surface area (Å²) in [5.74, 6) is 0.381. The molecule has 2 bridgehead atoms. The summed E-state index contributed by atoms with van der Waals surface area (Å²) >= 11 is 0. The Balaban J connectivity index is 1.94. The molecule has 0 saturated heterocycles. The van der Waals surface area contributed by atoms with Gasteiger partial charge in [-0.1, -0.05) is 30.3 Å². The maximum Gasteiger partial charge on any atom is 0.320 e. The van der Waals surface area contributed by atoms with Crippen LogP contribution in [0, 0.1) is 5.41 Å². The smallest absolute Gasteiger partial charge is 0.320 e. The molecule has 2 atom stereocenters. The van der Waals surface area contributed by atoms with E-state index in [1.165, 1.54) is 6.21 Å². The SMILES string of the molecule is CCNc1c(C=N)cc2nc1CCCO[C@H](CO)[C@H](c1ccccc1)NC(=O)N2. The number of carbonyl (C=O) groups is 1. The van der Waals surface area contributed by atoms with E-state index in [1.54, 1.807) is 6.07 Å². The minimum absolute atomic E-state index is 0.218. The Hall–Kier alpha value is -2.97. The summed E-state index contributed by atoms with van der Waals surface area (Å²) in [4.78, 5) is 17.3. The minimum atomic E-state index is -0.570. The molecule has 0 spiro atoms. The van der Waals surface area contributed by atoms with Gasteiger partial charge in [0.2, 0.25) is 0 Å². The van der Waals surface area contributed by atoms with Crippen molar-refractivity contribution in [1.82, 2.24) is 10.3 Å². The summed E-state index contributed by atoms with van der Waals surface area (Å²) < 4.78 is 5.92. The normalized spacial score (nSPS) is 19.9. The molecule has 8 nitrogen and oxygen atoms in total. The highest BCUT2D eigenvalue weighted by Gasteiger charge is 2.26. The van der Waals surface area contributed by atoms with Crippen molar-refractivity contribution in [3.63, 3.8) is 0 Å². The Morgan fingerprint density at radius 1 is 1.38 bits per heavy atom. The number of carbonyl (C=O) groups excluding carboxylic acids is 1. The monoisotopic (exact) mass is 397 g/mol. The summed E-state index contributed by atoms with van der Waals surface area (Å²) in [7, 11) is 0. The standard InChI is InChI=1S/C21H27N5O3/c1-2-23-19-15(12-22)11-18-24-16(19)9-6-10-29-17(13-27)20(26-21(28)25-18)14-7-4-3-5-8-14/h3-5,7-8,11-12,17,20,22-23,27H,2,6,9-10,13H2,1H3,(H2,24,25,26,28)/t17-,20+/m1/s1. The predicted octanol–water partition coefficient (Wildman–Crippen LogP) is 2.70. The second-order valence-electron chi connectivity index (χ2n) is 6.78. The van der Waals surface area contributed by atoms with Gasteiger partial charge in [-0.3, -0.25) is 5.32 Å². The summed E-state index contributed by atoms with van der Waals surface area (Å²) in [6.45, 7) is 2.87. The van der Waals surface area contributed by atoms with Crippen molar-refractivity contribution in [2.75, 3.05) is 30.4 Å². The van der Waals surface area contributed by atoms with E-state index in [2.05, 4.69) is 20.9 Å². The van der Waals surface area contributed by atoms with Crippen molar-refractivity contribution in [3.8, 4) is 0 Å². The average Bonchev–Trinajstić information content (AvgIpc) is 2.73. The molecule has 2 aromatic rings. The van der Waals surface area contributed by atoms with Gasteiger partial charge in [0.15, 0.2) is 0 Å². The van der Waals surface area contributed by atoms with E-state index < -0.39 is 18.2 Å². The first kappa shape index (κ1) is 20.8. The first-order valence-electron chi connectivity index (χ1n) is 9.79. The van der Waals surface area contributed by atoms with Gasteiger partial charge in [0.1, 0.15) is 11.9 Å². The molecule has 1 aliphatic rings. The lowest BCUT2D eigenvalue weighted by Gasteiger charge is -2.28. The van der Waals surface area contributed by atoms with Gasteiger partial charge in [0.05, 0.1) is 24.0 Å². The molecule has 0 saturated carbocycles. The zero-order chi connectivity index (χ0) is 20.6. The highest BCUT2D eigenvalue weighted by atomic mass is 16.5. The Morgan fingerprint density at radius 2 is 2.17 bits per heavy atom. The van der Waals surface area contributed by atoms with Gasteiger partial charge in [0.25, 0.3) is 0 Å². The minimum Gasteiger partial charge on any atom is -0.394 e. The van der Waals surface area contributed by atoms with Gasteiger partial charge >= 0.3 is 6.03 Å². The highest BCUT2D eigenvalue weighted by Crippen LogP contribution is 2.25. The molecule has 29 heavy (non-hydrogen) atoms. The highest BCUT2D eigenvalue weighted by molar-refractivity contribution is 5.92. The van der Waals surface area contributed by atoms with E-state index in [0.717, 1.165) is 16.9 Å². The molecule has 0 aliphatic carbocycles. The van der Waals surface area contributed by atoms with Crippen LogP contribution in [-0.4, -0.2) is 48.2 Å². The number of aliphatic hydroxyl groups excluding tert-OH is 1. The van der Waals surface area contributed by atoms with Crippen molar-refractivity contribution >= 4 is 23.8 Å². The molecular formula is C21H27N5O3. The fraction of sp³-hybridized carbons (Fsp3) is 0.381. The summed E-state index contributed by atoms with van der Waals surface area (Å²) in [5, 5.41) is 26.5. The van der Waals surface area contributed by atoms with E-state index in [9.17, 15) is 9.90 Å². The number of aliphatic hydroxyl groups is 1. The lowest BCUT2D eigenvalue weighted by Crippen LogP contribution is -2.42. The van der Waals surface area contributed by atoms with Crippen molar-refractivity contribution in [1.29, 1.82) is 5.41 Å². The van der Waals surface area contributed by atoms with Crippen LogP contribution in [0.15, 0.2) is 36.4 Å². The number of aromatic nitrogens is 1. The molecule has 1 aromatic carbocycles. The summed E-state index contributed by atoms with van der Waals surface area (Å²) in [6.07, 6.45) is 2.00. The number of ether oxygens (including phenoxy) is 1. The summed E-state index contributed by atoms with van der Waals surface area (Å²) in [5.41, 5.74) is 3.08. The Labute approximate surface area is 170 Å². The molecule has 8 heteroatoms. The number of nitrogens with one attached hydrogen (secondary N) is 4. The second kappa shape index (κ2) is 9.99. The number of pyridine rings is 1. The summed E-state index contributed by atoms with van der Waals surface area (Å²) in [6, 6.07) is 10.1. The average molecular weight is 397 g/mol. The van der Waals surface area contributed by atoms with Crippen LogP contribution in [0.5, 0.6) is 0 Å². The predicted molar refractivity (Wildman–Crippen MR) is 113 cm³/mol. The molecule has 0 radical (unpaired) electrons. The third-order valence-electron chi connectivity index (χ3n) is 4.76. The Bertz CT molecular complexity index is 844. The number of hydrogen-bond acceptors (Lipinski definition) is 6. The van der Waals surface area contributed by atoms with Crippen molar-refractivity contribution < 1.29 is 14.6 Å². The number of aryl methyl sites for hydroxylation is 1. The number of amides is 2. The topological polar surface area (TPSA) is 119 Å². The van der Waals surface area contributed by atoms with Gasteiger partial charge < -0.3 is 25.9 Å². The van der Waals surface area contributed by atoms with E-state index in [-0.39, 0.29) is 6.61 Å². The molecule has 3 rings (SSSR count). The number of rotatable bonds is 5. The van der Waals surface area contributed by atoms with E-state index in [0.29, 0.717) is 37.4 Å². The van der Waals surface area contributed by atoms with Crippen LogP contribution in [0.2, 0.25) is 0 Å². The van der Waals surface area contributed by atoms with Crippen LogP contribution in [-0.2, 0) is 11.2 Å². The fourth-order valence-electron chi connectivity index (χ4n) is 3.43. The van der Waals surface area contributed by atoms with Gasteiger partial charge in [-0.2, -0.15) is 0 Å². The molecule has 2 heterocycles. The quantitative estimate of drug-likeness (QED) is 0.497. The molecule has 0 unspecified atom stereocenters. The molecular weight excluding hydrogens is 370 g/mol. The van der Waals surface area contributed by atoms with Crippen LogP contribution in [0.1, 0.15) is 36.2 Å². The van der Waals surface area contributed by atoms with Gasteiger partial charge in [-0.05, 0) is 31.4 Å². The van der Waals surface area contributed by atoms with Crippen LogP contribution >= 0.6 is 0 Å². The largest absolute Gasteiger partial charge is 0.394 e. The molecule has 1 aliphatic heterocycles. The Morgan fingerprint density at radius 3 is 2.86 bits per heavy atom. The lowest BCUT2D eigenvalue weighted by molar-refractivity contribution is -0.00906. The number of fused-ring (bicyclic) bond motifs is 2. The number of nitrogens with zero attached hydrogens (tertiary/aromatic N) is 1. The van der Waals surface area contributed by atoms with Gasteiger partial charge in [0, 0.05) is 24.9 Å². The van der Waals surface area contributed by atoms with Crippen molar-refractivity contribution in [2.24, 2.45) is 0 Å². The second-order valence-corrected chi connectivity index (χ2v) is 6.78. The number of benzene rings is 1. The molecule has 2 amide bonds. The van der Waals surface area contributed by atoms with E-state index in [4.69, 9.17) is 10.1 Å². The Kier molecular flexibility index (Phi) is 7.15. The fourth-order valence-corrected chi connectivity index (χ4v) is 3.43. The maximum absolute atomic E-state index is 12.7. The van der Waals surface area contributed by atoms with E-state index in [1.807, 2.05) is 37.3 Å². The third kappa shape index (κ3) is 5.10. The maximum atomic E-state index is 12.7. The van der Waals surface area contributed by atoms with Crippen molar-refractivity contribution in [3.05, 3.63) is 53.2 Å². The molecule has 0 fully saturated rings. The molecule has 5 N–H and O–H groups in total. The van der Waals surface area contributed by atoms with Crippen LogP contribution in [0.4, 0.5) is 16.3 Å². The number of hydrogen-bond donors (Lipinski definition) is 5. The zero-order valence-corrected chi connectivity index (χ0v) is 16.4. The first-order chi connectivity index (χ1) is 14.2. The van der Waals surface area contributed by atoms with Gasteiger partial charge in [-0.15, -0.1) is 0 Å². The lowest BCUT2D eigenvalue weighted by atomic mass is 10.0. The van der Waals surface area contributed by atoms with Crippen molar-refractivity contribution in [2.45, 2.75) is 31.9 Å². The van der Waals surface area contributed by atoms with Crippen LogP contribution in [0.3, 0.4) is 0 Å².